The number of rotatable bonds is 2. The van der Waals surface area contributed by atoms with E-state index in [0.717, 1.165) is 42.8 Å². The summed E-state index contributed by atoms with van der Waals surface area (Å²) in [5.41, 5.74) is 2.56. The van der Waals surface area contributed by atoms with Crippen LogP contribution in [0.4, 0.5) is 0 Å². The summed E-state index contributed by atoms with van der Waals surface area (Å²) < 4.78 is 0. The monoisotopic (exact) mass is 363 g/mol. The molecule has 1 aromatic rings. The zero-order chi connectivity index (χ0) is 17.1. The number of carbonyl (C=O) groups is 1. The third kappa shape index (κ3) is 3.73. The molecule has 0 aliphatic carbocycles. The largest absolute Gasteiger partial charge is 0.351 e. The molecule has 2 aliphatic heterocycles. The van der Waals surface area contributed by atoms with Gasteiger partial charge in [-0.15, -0.1) is 0 Å². The Morgan fingerprint density at radius 1 is 1.17 bits per heavy atom. The summed E-state index contributed by atoms with van der Waals surface area (Å²) in [5, 5.41) is 7.56. The second-order valence-electron chi connectivity index (χ2n) is 6.33. The van der Waals surface area contributed by atoms with Crippen LogP contribution in [0.1, 0.15) is 44.2 Å². The van der Waals surface area contributed by atoms with Crippen molar-refractivity contribution < 1.29 is 4.79 Å². The van der Waals surface area contributed by atoms with Crippen LogP contribution in [0.3, 0.4) is 0 Å². The Kier molecular flexibility index (Phi) is 5.41. The number of amides is 1. The molecule has 1 fully saturated rings. The number of allylic oxidation sites excluding steroid dienone is 1. The highest BCUT2D eigenvalue weighted by Gasteiger charge is 2.32. The lowest BCUT2D eigenvalue weighted by Gasteiger charge is -2.33. The number of benzene rings is 1. The molecule has 1 amide bonds. The highest BCUT2D eigenvalue weighted by molar-refractivity contribution is 7.80. The van der Waals surface area contributed by atoms with Gasteiger partial charge in [-0.3, -0.25) is 4.79 Å². The number of nitrogens with zero attached hydrogens (tertiary/aromatic N) is 1. The van der Waals surface area contributed by atoms with E-state index in [-0.39, 0.29) is 11.9 Å². The van der Waals surface area contributed by atoms with E-state index in [4.69, 9.17) is 23.8 Å². The number of likely N-dealkylation sites (tertiary alicyclic amines) is 1. The Balaban J connectivity index is 1.93. The van der Waals surface area contributed by atoms with Crippen LogP contribution in [0.15, 0.2) is 35.5 Å². The first-order valence-electron chi connectivity index (χ1n) is 8.39. The minimum atomic E-state index is -0.244. The first-order valence-corrected chi connectivity index (χ1v) is 9.18. The standard InChI is InChI=1S/C18H22ClN3OS/c1-12-15(17(23)22-10-4-2-3-5-11-22)16(21-18(24)20-12)13-6-8-14(19)9-7-13/h6-9,16H,2-5,10-11H2,1H3,(H2,20,21,24). The highest BCUT2D eigenvalue weighted by Crippen LogP contribution is 2.29. The van der Waals surface area contributed by atoms with Crippen molar-refractivity contribution in [2.24, 2.45) is 0 Å². The Labute approximate surface area is 153 Å². The van der Waals surface area contributed by atoms with Crippen molar-refractivity contribution in [2.45, 2.75) is 38.6 Å². The van der Waals surface area contributed by atoms with Crippen molar-refractivity contribution in [1.82, 2.24) is 15.5 Å². The molecule has 3 rings (SSSR count). The Bertz CT molecular complexity index is 663. The molecular weight excluding hydrogens is 342 g/mol. The van der Waals surface area contributed by atoms with Gasteiger partial charge in [-0.1, -0.05) is 36.6 Å². The number of hydrogen-bond donors (Lipinski definition) is 2. The van der Waals surface area contributed by atoms with Gasteiger partial charge in [0.25, 0.3) is 5.91 Å². The SMILES string of the molecule is CC1=C(C(=O)N2CCCCCC2)C(c2ccc(Cl)cc2)NC(=S)N1. The van der Waals surface area contributed by atoms with Crippen molar-refractivity contribution in [3.63, 3.8) is 0 Å². The first kappa shape index (κ1) is 17.2. The summed E-state index contributed by atoms with van der Waals surface area (Å²) in [6.45, 7) is 3.57. The number of thiocarbonyl (C=S) groups is 1. The molecular formula is C18H22ClN3OS. The Morgan fingerprint density at radius 2 is 1.79 bits per heavy atom. The molecule has 24 heavy (non-hydrogen) atoms. The summed E-state index contributed by atoms with van der Waals surface area (Å²) >= 11 is 11.3. The number of hydrogen-bond acceptors (Lipinski definition) is 2. The summed E-state index contributed by atoms with van der Waals surface area (Å²) in [6, 6.07) is 7.32. The topological polar surface area (TPSA) is 44.4 Å². The molecule has 4 nitrogen and oxygen atoms in total. The van der Waals surface area contributed by atoms with E-state index in [1.165, 1.54) is 12.8 Å². The molecule has 1 aromatic carbocycles. The average Bonchev–Trinajstić information content (AvgIpc) is 2.83. The fourth-order valence-corrected chi connectivity index (χ4v) is 3.72. The van der Waals surface area contributed by atoms with Crippen molar-refractivity contribution in [2.75, 3.05) is 13.1 Å². The smallest absolute Gasteiger partial charge is 0.253 e. The van der Waals surface area contributed by atoms with Gasteiger partial charge in [-0.05, 0) is 49.7 Å². The van der Waals surface area contributed by atoms with Crippen LogP contribution in [0.2, 0.25) is 5.02 Å². The third-order valence-electron chi connectivity index (χ3n) is 4.60. The van der Waals surface area contributed by atoms with Gasteiger partial charge in [0.2, 0.25) is 0 Å². The van der Waals surface area contributed by atoms with Crippen LogP contribution in [0.25, 0.3) is 0 Å². The van der Waals surface area contributed by atoms with Gasteiger partial charge in [0, 0.05) is 23.8 Å². The molecule has 2 heterocycles. The van der Waals surface area contributed by atoms with Gasteiger partial charge in [-0.25, -0.2) is 0 Å². The van der Waals surface area contributed by atoms with Crippen molar-refractivity contribution in [3.8, 4) is 0 Å². The summed E-state index contributed by atoms with van der Waals surface area (Å²) in [7, 11) is 0. The van der Waals surface area contributed by atoms with Crippen LogP contribution in [0.5, 0.6) is 0 Å². The molecule has 0 bridgehead atoms. The van der Waals surface area contributed by atoms with Gasteiger partial charge >= 0.3 is 0 Å². The molecule has 2 aliphatic rings. The minimum absolute atomic E-state index is 0.0943. The van der Waals surface area contributed by atoms with Gasteiger partial charge in [0.05, 0.1) is 11.6 Å². The summed E-state index contributed by atoms with van der Waals surface area (Å²) in [5.74, 6) is 0.0943. The Hall–Kier alpha value is -1.59. The highest BCUT2D eigenvalue weighted by atomic mass is 35.5. The minimum Gasteiger partial charge on any atom is -0.351 e. The van der Waals surface area contributed by atoms with E-state index in [9.17, 15) is 4.79 Å². The van der Waals surface area contributed by atoms with Crippen LogP contribution in [-0.2, 0) is 4.79 Å². The molecule has 0 radical (unpaired) electrons. The molecule has 0 aromatic heterocycles. The van der Waals surface area contributed by atoms with E-state index in [1.807, 2.05) is 36.1 Å². The summed E-state index contributed by atoms with van der Waals surface area (Å²) in [4.78, 5) is 15.2. The number of carbonyl (C=O) groups excluding carboxylic acids is 1. The van der Waals surface area contributed by atoms with Gasteiger partial charge < -0.3 is 15.5 Å². The number of nitrogens with one attached hydrogen (secondary N) is 2. The van der Waals surface area contributed by atoms with Crippen LogP contribution in [0, 0.1) is 0 Å². The maximum Gasteiger partial charge on any atom is 0.253 e. The first-order chi connectivity index (χ1) is 11.6. The van der Waals surface area contributed by atoms with Crippen LogP contribution < -0.4 is 10.6 Å². The van der Waals surface area contributed by atoms with Crippen molar-refractivity contribution >= 4 is 34.8 Å². The number of halogens is 1. The maximum atomic E-state index is 13.2. The fourth-order valence-electron chi connectivity index (χ4n) is 3.33. The Morgan fingerprint density at radius 3 is 2.42 bits per heavy atom. The molecule has 0 saturated carbocycles. The van der Waals surface area contributed by atoms with E-state index < -0.39 is 0 Å². The molecule has 1 unspecified atom stereocenters. The average molecular weight is 364 g/mol. The van der Waals surface area contributed by atoms with E-state index in [0.29, 0.717) is 10.1 Å². The lowest BCUT2D eigenvalue weighted by atomic mass is 9.94. The predicted octanol–water partition coefficient (Wildman–Crippen LogP) is 3.54. The van der Waals surface area contributed by atoms with Gasteiger partial charge in [-0.2, -0.15) is 0 Å². The maximum absolute atomic E-state index is 13.2. The predicted molar refractivity (Wildman–Crippen MR) is 101 cm³/mol. The zero-order valence-corrected chi connectivity index (χ0v) is 15.3. The van der Waals surface area contributed by atoms with Gasteiger partial charge in [0.15, 0.2) is 5.11 Å². The third-order valence-corrected chi connectivity index (χ3v) is 5.07. The second kappa shape index (κ2) is 7.53. The van der Waals surface area contributed by atoms with Gasteiger partial charge in [0.1, 0.15) is 0 Å². The molecule has 128 valence electrons. The van der Waals surface area contributed by atoms with Crippen LogP contribution in [-0.4, -0.2) is 29.0 Å². The van der Waals surface area contributed by atoms with Crippen molar-refractivity contribution in [1.29, 1.82) is 0 Å². The van der Waals surface area contributed by atoms with E-state index in [2.05, 4.69) is 10.6 Å². The van der Waals surface area contributed by atoms with E-state index >= 15 is 0 Å². The fraction of sp³-hybridized carbons (Fsp3) is 0.444. The molecule has 1 atom stereocenters. The quantitative estimate of drug-likeness (QED) is 0.789. The lowest BCUT2D eigenvalue weighted by Crippen LogP contribution is -2.47. The lowest BCUT2D eigenvalue weighted by molar-refractivity contribution is -0.127. The normalized spacial score (nSPS) is 21.8. The summed E-state index contributed by atoms with van der Waals surface area (Å²) in [6.07, 6.45) is 4.54. The second-order valence-corrected chi connectivity index (χ2v) is 7.17. The zero-order valence-electron chi connectivity index (χ0n) is 13.8. The molecule has 2 N–H and O–H groups in total. The van der Waals surface area contributed by atoms with Crippen LogP contribution >= 0.6 is 23.8 Å². The molecule has 1 saturated heterocycles. The molecule has 6 heteroatoms. The van der Waals surface area contributed by atoms with Crippen molar-refractivity contribution in [3.05, 3.63) is 46.1 Å². The molecule has 0 spiro atoms. The van der Waals surface area contributed by atoms with E-state index in [1.54, 1.807) is 0 Å².